The van der Waals surface area contributed by atoms with Gasteiger partial charge < -0.3 is 14.2 Å². The molecule has 0 aliphatic carbocycles. The minimum atomic E-state index is -0.655. The van der Waals surface area contributed by atoms with Crippen LogP contribution in [-0.4, -0.2) is 31.8 Å². The molecule has 0 bridgehead atoms. The molecule has 9 heteroatoms. The topological polar surface area (TPSA) is 86.2 Å². The standard InChI is InChI=1S/C25H22Cl2N2O5/c1-15-5-4-6-21(16(15)2)33-14-24(30)29-28-13-17-7-10-22(23(11-17)32-3)34-25(31)19-9-8-18(26)12-20(19)27/h4-13H,14H2,1-3H3,(H,29,30). The predicted molar refractivity (Wildman–Crippen MR) is 132 cm³/mol. The van der Waals surface area contributed by atoms with Crippen LogP contribution in [0, 0.1) is 13.8 Å². The molecule has 0 radical (unpaired) electrons. The maximum Gasteiger partial charge on any atom is 0.345 e. The van der Waals surface area contributed by atoms with E-state index in [1.54, 1.807) is 30.3 Å². The van der Waals surface area contributed by atoms with Gasteiger partial charge in [-0.25, -0.2) is 10.2 Å². The Balaban J connectivity index is 1.59. The van der Waals surface area contributed by atoms with Crippen molar-refractivity contribution in [2.24, 2.45) is 5.10 Å². The lowest BCUT2D eigenvalue weighted by atomic mass is 10.1. The van der Waals surface area contributed by atoms with E-state index in [-0.39, 0.29) is 22.9 Å². The predicted octanol–water partition coefficient (Wildman–Crippen LogP) is 5.37. The van der Waals surface area contributed by atoms with Gasteiger partial charge in [0.05, 0.1) is 23.9 Å². The molecule has 0 unspecified atom stereocenters. The Hall–Kier alpha value is -3.55. The van der Waals surface area contributed by atoms with Crippen molar-refractivity contribution in [2.75, 3.05) is 13.7 Å². The molecule has 1 N–H and O–H groups in total. The van der Waals surface area contributed by atoms with Crippen LogP contribution in [0.15, 0.2) is 59.7 Å². The highest BCUT2D eigenvalue weighted by atomic mass is 35.5. The molecule has 0 atom stereocenters. The maximum atomic E-state index is 12.5. The number of hydrazone groups is 1. The molecule has 0 aromatic heterocycles. The van der Waals surface area contributed by atoms with Crippen molar-refractivity contribution >= 4 is 41.3 Å². The van der Waals surface area contributed by atoms with Crippen LogP contribution in [0.25, 0.3) is 0 Å². The van der Waals surface area contributed by atoms with Gasteiger partial charge in [0.15, 0.2) is 18.1 Å². The summed E-state index contributed by atoms with van der Waals surface area (Å²) in [7, 11) is 1.44. The minimum Gasteiger partial charge on any atom is -0.493 e. The van der Waals surface area contributed by atoms with Gasteiger partial charge in [-0.3, -0.25) is 4.79 Å². The van der Waals surface area contributed by atoms with Crippen LogP contribution in [0.3, 0.4) is 0 Å². The highest BCUT2D eigenvalue weighted by Gasteiger charge is 2.16. The second-order valence-corrected chi connectivity index (χ2v) is 8.05. The molecule has 0 fully saturated rings. The average molecular weight is 501 g/mol. The molecule has 0 aliphatic rings. The molecule has 3 rings (SSSR count). The Morgan fingerprint density at radius 3 is 2.53 bits per heavy atom. The molecule has 1 amide bonds. The quantitative estimate of drug-likeness (QED) is 0.194. The molecular weight excluding hydrogens is 479 g/mol. The lowest BCUT2D eigenvalue weighted by molar-refractivity contribution is -0.123. The molecule has 3 aromatic carbocycles. The molecule has 176 valence electrons. The van der Waals surface area contributed by atoms with E-state index in [2.05, 4.69) is 10.5 Å². The lowest BCUT2D eigenvalue weighted by Crippen LogP contribution is -2.24. The monoisotopic (exact) mass is 500 g/mol. The first-order chi connectivity index (χ1) is 16.3. The van der Waals surface area contributed by atoms with Crippen LogP contribution in [0.5, 0.6) is 17.2 Å². The number of benzene rings is 3. The number of hydrogen-bond donors (Lipinski definition) is 1. The highest BCUT2D eigenvalue weighted by Crippen LogP contribution is 2.30. The number of carbonyl (C=O) groups is 2. The van der Waals surface area contributed by atoms with Gasteiger partial charge in [-0.05, 0) is 73.0 Å². The van der Waals surface area contributed by atoms with E-state index in [9.17, 15) is 9.59 Å². The summed E-state index contributed by atoms with van der Waals surface area (Å²) in [6.07, 6.45) is 1.43. The Labute approximate surface area is 207 Å². The summed E-state index contributed by atoms with van der Waals surface area (Å²) in [4.78, 5) is 24.5. The van der Waals surface area contributed by atoms with E-state index >= 15 is 0 Å². The zero-order chi connectivity index (χ0) is 24.7. The zero-order valence-electron chi connectivity index (χ0n) is 18.7. The summed E-state index contributed by atoms with van der Waals surface area (Å²) in [5.74, 6) is 0.0782. The van der Waals surface area contributed by atoms with Crippen LogP contribution in [0.2, 0.25) is 10.0 Å². The van der Waals surface area contributed by atoms with Gasteiger partial charge in [-0.15, -0.1) is 0 Å². The Morgan fingerprint density at radius 2 is 1.79 bits per heavy atom. The van der Waals surface area contributed by atoms with Crippen molar-refractivity contribution in [1.82, 2.24) is 5.43 Å². The van der Waals surface area contributed by atoms with Gasteiger partial charge >= 0.3 is 5.97 Å². The number of methoxy groups -OCH3 is 1. The number of rotatable bonds is 8. The van der Waals surface area contributed by atoms with Crippen LogP contribution in [0.4, 0.5) is 0 Å². The summed E-state index contributed by atoms with van der Waals surface area (Å²) in [5.41, 5.74) is 5.24. The van der Waals surface area contributed by atoms with Crippen LogP contribution < -0.4 is 19.6 Å². The minimum absolute atomic E-state index is 0.171. The second-order valence-electron chi connectivity index (χ2n) is 7.20. The third kappa shape index (κ3) is 6.50. The van der Waals surface area contributed by atoms with Crippen LogP contribution in [-0.2, 0) is 4.79 Å². The summed E-state index contributed by atoms with van der Waals surface area (Å²) in [6.45, 7) is 3.73. The van der Waals surface area contributed by atoms with Crippen molar-refractivity contribution in [3.8, 4) is 17.2 Å². The number of amides is 1. The van der Waals surface area contributed by atoms with E-state index in [1.165, 1.54) is 25.5 Å². The van der Waals surface area contributed by atoms with E-state index < -0.39 is 11.9 Å². The normalized spacial score (nSPS) is 10.7. The molecule has 34 heavy (non-hydrogen) atoms. The Morgan fingerprint density at radius 1 is 1.00 bits per heavy atom. The molecule has 3 aromatic rings. The van der Waals surface area contributed by atoms with Gasteiger partial charge in [0.1, 0.15) is 5.75 Å². The SMILES string of the molecule is COc1cc(C=NNC(=O)COc2cccc(C)c2C)ccc1OC(=O)c1ccc(Cl)cc1Cl. The third-order valence-corrected chi connectivity index (χ3v) is 5.41. The summed E-state index contributed by atoms with van der Waals surface area (Å²) < 4.78 is 16.3. The van der Waals surface area contributed by atoms with Crippen molar-refractivity contribution in [3.63, 3.8) is 0 Å². The van der Waals surface area contributed by atoms with E-state index in [0.29, 0.717) is 22.1 Å². The molecular formula is C25H22Cl2N2O5. The van der Waals surface area contributed by atoms with Gasteiger partial charge in [-0.1, -0.05) is 35.3 Å². The van der Waals surface area contributed by atoms with Crippen molar-refractivity contribution in [1.29, 1.82) is 0 Å². The van der Waals surface area contributed by atoms with Gasteiger partial charge in [-0.2, -0.15) is 5.10 Å². The molecule has 0 aliphatic heterocycles. The first-order valence-corrected chi connectivity index (χ1v) is 10.9. The molecule has 0 heterocycles. The second kappa shape index (κ2) is 11.5. The molecule has 0 saturated heterocycles. The number of aryl methyl sites for hydroxylation is 1. The number of esters is 1. The average Bonchev–Trinajstić information content (AvgIpc) is 2.80. The number of halogens is 2. The largest absolute Gasteiger partial charge is 0.493 e. The summed E-state index contributed by atoms with van der Waals surface area (Å²) in [6, 6.07) is 14.9. The number of ether oxygens (including phenoxy) is 3. The first-order valence-electron chi connectivity index (χ1n) is 10.1. The van der Waals surface area contributed by atoms with Gasteiger partial charge in [0.2, 0.25) is 0 Å². The van der Waals surface area contributed by atoms with Gasteiger partial charge in [0.25, 0.3) is 5.91 Å². The van der Waals surface area contributed by atoms with Crippen LogP contribution >= 0.6 is 23.2 Å². The first kappa shape index (κ1) is 25.1. The lowest BCUT2D eigenvalue weighted by Gasteiger charge is -2.11. The fourth-order valence-corrected chi connectivity index (χ4v) is 3.38. The van der Waals surface area contributed by atoms with Gasteiger partial charge in [0, 0.05) is 5.02 Å². The number of hydrogen-bond acceptors (Lipinski definition) is 6. The maximum absolute atomic E-state index is 12.5. The van der Waals surface area contributed by atoms with Crippen molar-refractivity contribution in [2.45, 2.75) is 13.8 Å². The smallest absolute Gasteiger partial charge is 0.345 e. The fraction of sp³-hybridized carbons (Fsp3) is 0.160. The third-order valence-electron chi connectivity index (χ3n) is 4.86. The number of nitrogens with one attached hydrogen (secondary N) is 1. The van der Waals surface area contributed by atoms with Crippen molar-refractivity contribution in [3.05, 3.63) is 86.9 Å². The summed E-state index contributed by atoms with van der Waals surface area (Å²) >= 11 is 11.9. The van der Waals surface area contributed by atoms with Crippen LogP contribution in [0.1, 0.15) is 27.0 Å². The summed E-state index contributed by atoms with van der Waals surface area (Å²) in [5, 5.41) is 4.52. The number of nitrogens with zero attached hydrogens (tertiary/aromatic N) is 1. The number of carbonyl (C=O) groups excluding carboxylic acids is 2. The Bertz CT molecular complexity index is 1240. The zero-order valence-corrected chi connectivity index (χ0v) is 20.2. The molecule has 0 spiro atoms. The Kier molecular flexibility index (Phi) is 8.51. The fourth-order valence-electron chi connectivity index (χ4n) is 2.89. The van der Waals surface area contributed by atoms with Crippen molar-refractivity contribution < 1.29 is 23.8 Å². The molecule has 7 nitrogen and oxygen atoms in total. The van der Waals surface area contributed by atoms with E-state index in [1.807, 2.05) is 26.0 Å². The highest BCUT2D eigenvalue weighted by molar-refractivity contribution is 6.36. The van der Waals surface area contributed by atoms with E-state index in [4.69, 9.17) is 37.4 Å². The van der Waals surface area contributed by atoms with E-state index in [0.717, 1.165) is 11.1 Å². The molecule has 0 saturated carbocycles.